The van der Waals surface area contributed by atoms with E-state index in [2.05, 4.69) is 10.2 Å². The molecule has 2 aromatic rings. The maximum atomic E-state index is 13.2. The summed E-state index contributed by atoms with van der Waals surface area (Å²) < 4.78 is 49.1. The van der Waals surface area contributed by atoms with Crippen LogP contribution in [0.4, 0.5) is 13.2 Å². The Bertz CT molecular complexity index is 622. The van der Waals surface area contributed by atoms with Crippen molar-refractivity contribution in [2.24, 2.45) is 0 Å². The van der Waals surface area contributed by atoms with Gasteiger partial charge in [0.1, 0.15) is 5.82 Å². The average molecular weight is 322 g/mol. The molecule has 0 amide bonds. The van der Waals surface area contributed by atoms with Crippen LogP contribution in [0.15, 0.2) is 16.5 Å². The van der Waals surface area contributed by atoms with Crippen LogP contribution in [0.1, 0.15) is 5.89 Å². The van der Waals surface area contributed by atoms with Gasteiger partial charge in [0.2, 0.25) is 5.89 Å². The van der Waals surface area contributed by atoms with Gasteiger partial charge in [0.05, 0.1) is 12.4 Å². The van der Waals surface area contributed by atoms with Crippen LogP contribution in [-0.2, 0) is 5.75 Å². The van der Waals surface area contributed by atoms with E-state index in [1.165, 1.54) is 11.8 Å². The van der Waals surface area contributed by atoms with Gasteiger partial charge >= 0.3 is 0 Å². The molecule has 0 bridgehead atoms. The topological polar surface area (TPSA) is 51.0 Å². The van der Waals surface area contributed by atoms with Crippen LogP contribution in [0.25, 0.3) is 0 Å². The number of halogens is 3. The smallest absolute Gasteiger partial charge is 0.284 e. The van der Waals surface area contributed by atoms with Gasteiger partial charge in [-0.05, 0) is 12.2 Å². The molecule has 9 heteroatoms. The van der Waals surface area contributed by atoms with Crippen LogP contribution in [-0.4, -0.2) is 22.6 Å². The molecule has 0 aliphatic rings. The second kappa shape index (κ2) is 6.80. The molecule has 1 aromatic heterocycles. The molecule has 2 rings (SSSR count). The molecular weight excluding hydrogens is 313 g/mol. The fraction of sp³-hybridized carbons (Fsp3) is 0.273. The van der Waals surface area contributed by atoms with Crippen molar-refractivity contribution in [2.45, 2.75) is 5.75 Å². The summed E-state index contributed by atoms with van der Waals surface area (Å²) >= 11 is 6.09. The first kappa shape index (κ1) is 14.9. The van der Waals surface area contributed by atoms with Gasteiger partial charge in [0, 0.05) is 17.9 Å². The number of benzene rings is 1. The first-order chi connectivity index (χ1) is 9.56. The summed E-state index contributed by atoms with van der Waals surface area (Å²) in [7, 11) is 0. The second-order valence-corrected chi connectivity index (χ2v) is 5.08. The summed E-state index contributed by atoms with van der Waals surface area (Å²) in [6.07, 6.45) is 0. The molecule has 0 aliphatic carbocycles. The maximum absolute atomic E-state index is 13.2. The van der Waals surface area contributed by atoms with Crippen molar-refractivity contribution in [3.05, 3.63) is 40.3 Å². The van der Waals surface area contributed by atoms with Gasteiger partial charge in [-0.15, -0.1) is 16.9 Å². The zero-order valence-electron chi connectivity index (χ0n) is 9.99. The number of hydrogen-bond donors (Lipinski definition) is 1. The minimum atomic E-state index is -1.06. The molecule has 0 saturated carbocycles. The van der Waals surface area contributed by atoms with Gasteiger partial charge in [-0.2, -0.15) is 0 Å². The molecule has 0 aliphatic heterocycles. The van der Waals surface area contributed by atoms with Crippen LogP contribution in [0.3, 0.4) is 0 Å². The number of nitrogens with zero attached hydrogens (tertiary/aromatic N) is 1. The van der Waals surface area contributed by atoms with Crippen LogP contribution < -0.4 is 4.74 Å². The molecular formula is C11H9F3N2O2S2. The average Bonchev–Trinajstić information content (AvgIpc) is 2.77. The fourth-order valence-corrected chi connectivity index (χ4v) is 2.14. The lowest BCUT2D eigenvalue weighted by molar-refractivity contribution is 0.303. The lowest BCUT2D eigenvalue weighted by Crippen LogP contribution is -2.04. The number of rotatable bonds is 6. The van der Waals surface area contributed by atoms with E-state index in [1.54, 1.807) is 0 Å². The molecule has 0 fully saturated rings. The molecule has 1 N–H and O–H groups in total. The van der Waals surface area contributed by atoms with Crippen LogP contribution in [0.2, 0.25) is 0 Å². The largest absolute Gasteiger partial charge is 0.487 e. The molecule has 20 heavy (non-hydrogen) atoms. The molecule has 1 aromatic carbocycles. The van der Waals surface area contributed by atoms with Crippen molar-refractivity contribution in [2.75, 3.05) is 12.4 Å². The Morgan fingerprint density at radius 2 is 2.00 bits per heavy atom. The lowest BCUT2D eigenvalue weighted by Gasteiger charge is -2.07. The SMILES string of the molecule is Fc1cc(F)c(OCCSCc2n[nH]c(=S)o2)c(F)c1. The molecule has 4 nitrogen and oxygen atoms in total. The van der Waals surface area contributed by atoms with Crippen molar-refractivity contribution in [1.29, 1.82) is 0 Å². The Balaban J connectivity index is 1.77. The van der Waals surface area contributed by atoms with Crippen molar-refractivity contribution in [1.82, 2.24) is 10.2 Å². The third kappa shape index (κ3) is 4.01. The molecule has 0 atom stereocenters. The Hall–Kier alpha value is -1.48. The molecule has 0 spiro atoms. The first-order valence-electron chi connectivity index (χ1n) is 5.45. The van der Waals surface area contributed by atoms with Gasteiger partial charge in [-0.3, -0.25) is 0 Å². The number of H-pyrrole nitrogens is 1. The van der Waals surface area contributed by atoms with Crippen molar-refractivity contribution in [3.8, 4) is 5.75 Å². The Morgan fingerprint density at radius 3 is 2.60 bits per heavy atom. The quantitative estimate of drug-likeness (QED) is 0.652. The number of aromatic amines is 1. The zero-order valence-corrected chi connectivity index (χ0v) is 11.6. The second-order valence-electron chi connectivity index (χ2n) is 3.61. The van der Waals surface area contributed by atoms with Crippen LogP contribution in [0, 0.1) is 22.3 Å². The van der Waals surface area contributed by atoms with E-state index in [1.807, 2.05) is 0 Å². The predicted octanol–water partition coefficient (Wildman–Crippen LogP) is 3.46. The Kier molecular flexibility index (Phi) is 5.07. The number of thioether (sulfide) groups is 1. The zero-order chi connectivity index (χ0) is 14.5. The van der Waals surface area contributed by atoms with E-state index >= 15 is 0 Å². The highest BCUT2D eigenvalue weighted by Gasteiger charge is 2.12. The van der Waals surface area contributed by atoms with E-state index in [0.717, 1.165) is 0 Å². The maximum Gasteiger partial charge on any atom is 0.284 e. The normalized spacial score (nSPS) is 10.8. The molecule has 108 valence electrons. The Morgan fingerprint density at radius 1 is 1.30 bits per heavy atom. The third-order valence-electron chi connectivity index (χ3n) is 2.15. The summed E-state index contributed by atoms with van der Waals surface area (Å²) in [6.45, 7) is 0.0648. The van der Waals surface area contributed by atoms with Gasteiger partial charge in [0.25, 0.3) is 4.84 Å². The minimum absolute atomic E-state index is 0.0648. The minimum Gasteiger partial charge on any atom is -0.487 e. The van der Waals surface area contributed by atoms with Crippen LogP contribution >= 0.6 is 24.0 Å². The third-order valence-corrected chi connectivity index (χ3v) is 3.23. The highest BCUT2D eigenvalue weighted by molar-refractivity contribution is 7.98. The van der Waals surface area contributed by atoms with Gasteiger partial charge in [-0.25, -0.2) is 18.3 Å². The van der Waals surface area contributed by atoms with Crippen molar-refractivity contribution < 1.29 is 22.3 Å². The number of nitrogens with one attached hydrogen (secondary N) is 1. The number of aromatic nitrogens is 2. The summed E-state index contributed by atoms with van der Waals surface area (Å²) in [4.78, 5) is 0.187. The summed E-state index contributed by atoms with van der Waals surface area (Å²) in [6, 6.07) is 1.14. The van der Waals surface area contributed by atoms with E-state index < -0.39 is 23.2 Å². The Labute approximate surface area is 121 Å². The van der Waals surface area contributed by atoms with Gasteiger partial charge in [-0.1, -0.05) is 0 Å². The monoisotopic (exact) mass is 322 g/mol. The van der Waals surface area contributed by atoms with Gasteiger partial charge in [0.15, 0.2) is 17.4 Å². The highest BCUT2D eigenvalue weighted by Crippen LogP contribution is 2.23. The number of ether oxygens (including phenoxy) is 1. The van der Waals surface area contributed by atoms with Crippen molar-refractivity contribution in [3.63, 3.8) is 0 Å². The van der Waals surface area contributed by atoms with Gasteiger partial charge < -0.3 is 9.15 Å². The summed E-state index contributed by atoms with van der Waals surface area (Å²) in [5, 5.41) is 6.26. The fourth-order valence-electron chi connectivity index (χ4n) is 1.35. The summed E-state index contributed by atoms with van der Waals surface area (Å²) in [5.41, 5.74) is 0. The molecule has 0 unspecified atom stereocenters. The summed E-state index contributed by atoms with van der Waals surface area (Å²) in [5.74, 6) is -2.36. The molecule has 0 radical (unpaired) electrons. The molecule has 1 heterocycles. The first-order valence-corrected chi connectivity index (χ1v) is 7.02. The van der Waals surface area contributed by atoms with E-state index in [-0.39, 0.29) is 11.4 Å². The van der Waals surface area contributed by atoms with Crippen LogP contribution in [0.5, 0.6) is 5.75 Å². The standard InChI is InChI=1S/C11H9F3N2O2S2/c12-6-3-7(13)10(8(14)4-6)17-1-2-20-5-9-15-16-11(19)18-9/h3-4H,1-2,5H2,(H,16,19). The molecule has 0 saturated heterocycles. The predicted molar refractivity (Wildman–Crippen MR) is 69.7 cm³/mol. The van der Waals surface area contributed by atoms with Crippen molar-refractivity contribution >= 4 is 24.0 Å². The van der Waals surface area contributed by atoms with E-state index in [0.29, 0.717) is 29.5 Å². The number of hydrogen-bond acceptors (Lipinski definition) is 5. The highest BCUT2D eigenvalue weighted by atomic mass is 32.2. The van der Waals surface area contributed by atoms with E-state index in [4.69, 9.17) is 21.4 Å². The van der Waals surface area contributed by atoms with E-state index in [9.17, 15) is 13.2 Å². The lowest BCUT2D eigenvalue weighted by atomic mass is 10.3.